The zero-order valence-corrected chi connectivity index (χ0v) is 11.8. The van der Waals surface area contributed by atoms with E-state index in [9.17, 15) is 4.79 Å². The van der Waals surface area contributed by atoms with Gasteiger partial charge >= 0.3 is 0 Å². The SMILES string of the molecule is CNc1nc(-c2cccc(NC(C)=O)c2)cn2ccnc12. The summed E-state index contributed by atoms with van der Waals surface area (Å²) in [4.78, 5) is 20.0. The number of hydrogen-bond acceptors (Lipinski definition) is 4. The van der Waals surface area contributed by atoms with Crippen molar-refractivity contribution in [2.24, 2.45) is 0 Å². The zero-order chi connectivity index (χ0) is 14.8. The number of aromatic nitrogens is 3. The Bertz CT molecular complexity index is 809. The molecule has 0 unspecified atom stereocenters. The van der Waals surface area contributed by atoms with Gasteiger partial charge in [-0.15, -0.1) is 0 Å². The van der Waals surface area contributed by atoms with Crippen molar-refractivity contribution in [2.45, 2.75) is 6.92 Å². The molecular formula is C15H15N5O. The van der Waals surface area contributed by atoms with Gasteiger partial charge in [0, 0.05) is 43.8 Å². The number of hydrogen-bond donors (Lipinski definition) is 2. The van der Waals surface area contributed by atoms with Crippen LogP contribution in [0.25, 0.3) is 16.9 Å². The van der Waals surface area contributed by atoms with Crippen LogP contribution in [0.2, 0.25) is 0 Å². The number of anilines is 2. The summed E-state index contributed by atoms with van der Waals surface area (Å²) in [5, 5.41) is 5.82. The summed E-state index contributed by atoms with van der Waals surface area (Å²) in [5.74, 6) is 0.614. The molecule has 0 atom stereocenters. The number of carbonyl (C=O) groups is 1. The van der Waals surface area contributed by atoms with E-state index in [1.54, 1.807) is 6.20 Å². The summed E-state index contributed by atoms with van der Waals surface area (Å²) in [6.45, 7) is 1.49. The molecule has 1 aromatic carbocycles. The Morgan fingerprint density at radius 1 is 1.33 bits per heavy atom. The highest BCUT2D eigenvalue weighted by molar-refractivity contribution is 5.89. The van der Waals surface area contributed by atoms with Crippen molar-refractivity contribution in [1.82, 2.24) is 14.4 Å². The quantitative estimate of drug-likeness (QED) is 0.773. The second-order valence-electron chi connectivity index (χ2n) is 4.64. The lowest BCUT2D eigenvalue weighted by atomic mass is 10.1. The molecule has 106 valence electrons. The van der Waals surface area contributed by atoms with Crippen LogP contribution in [-0.4, -0.2) is 27.3 Å². The number of fused-ring (bicyclic) bond motifs is 1. The van der Waals surface area contributed by atoms with Gasteiger partial charge in [-0.3, -0.25) is 4.79 Å². The Kier molecular flexibility index (Phi) is 3.27. The normalized spacial score (nSPS) is 10.6. The van der Waals surface area contributed by atoms with E-state index in [2.05, 4.69) is 20.6 Å². The minimum absolute atomic E-state index is 0.0962. The van der Waals surface area contributed by atoms with Gasteiger partial charge < -0.3 is 15.0 Å². The summed E-state index contributed by atoms with van der Waals surface area (Å²) in [6, 6.07) is 7.58. The highest BCUT2D eigenvalue weighted by atomic mass is 16.1. The molecule has 2 aromatic heterocycles. The lowest BCUT2D eigenvalue weighted by molar-refractivity contribution is -0.114. The van der Waals surface area contributed by atoms with E-state index in [-0.39, 0.29) is 5.91 Å². The van der Waals surface area contributed by atoms with Crippen molar-refractivity contribution in [3.8, 4) is 11.3 Å². The van der Waals surface area contributed by atoms with Gasteiger partial charge in [-0.25, -0.2) is 9.97 Å². The van der Waals surface area contributed by atoms with Crippen LogP contribution in [0.15, 0.2) is 42.9 Å². The van der Waals surface area contributed by atoms with Crippen LogP contribution in [-0.2, 0) is 4.79 Å². The molecule has 0 bridgehead atoms. The zero-order valence-electron chi connectivity index (χ0n) is 11.8. The number of imidazole rings is 1. The van der Waals surface area contributed by atoms with E-state index in [4.69, 9.17) is 0 Å². The van der Waals surface area contributed by atoms with Gasteiger partial charge in [-0.1, -0.05) is 12.1 Å². The average molecular weight is 281 g/mol. The van der Waals surface area contributed by atoms with Crippen LogP contribution in [0.4, 0.5) is 11.5 Å². The Morgan fingerprint density at radius 3 is 2.95 bits per heavy atom. The second-order valence-corrected chi connectivity index (χ2v) is 4.64. The molecule has 0 saturated heterocycles. The maximum Gasteiger partial charge on any atom is 0.221 e. The number of amides is 1. The van der Waals surface area contributed by atoms with E-state index in [0.29, 0.717) is 5.82 Å². The number of benzene rings is 1. The predicted molar refractivity (Wildman–Crippen MR) is 82.3 cm³/mol. The van der Waals surface area contributed by atoms with Gasteiger partial charge in [0.15, 0.2) is 11.5 Å². The molecule has 1 amide bonds. The van der Waals surface area contributed by atoms with Gasteiger partial charge in [-0.2, -0.15) is 0 Å². The number of nitrogens with zero attached hydrogens (tertiary/aromatic N) is 3. The van der Waals surface area contributed by atoms with Crippen LogP contribution in [0.5, 0.6) is 0 Å². The van der Waals surface area contributed by atoms with Crippen LogP contribution in [0.1, 0.15) is 6.92 Å². The van der Waals surface area contributed by atoms with Gasteiger partial charge in [0.2, 0.25) is 5.91 Å². The molecule has 0 aliphatic heterocycles. The Labute approximate surface area is 121 Å². The molecule has 0 fully saturated rings. The second kappa shape index (κ2) is 5.24. The van der Waals surface area contributed by atoms with E-state index in [0.717, 1.165) is 22.6 Å². The fourth-order valence-electron chi connectivity index (χ4n) is 2.20. The van der Waals surface area contributed by atoms with Crippen molar-refractivity contribution in [3.63, 3.8) is 0 Å². The number of rotatable bonds is 3. The Balaban J connectivity index is 2.09. The average Bonchev–Trinajstić information content (AvgIpc) is 2.94. The summed E-state index contributed by atoms with van der Waals surface area (Å²) >= 11 is 0. The summed E-state index contributed by atoms with van der Waals surface area (Å²) < 4.78 is 1.92. The fraction of sp³-hybridized carbons (Fsp3) is 0.133. The summed E-state index contributed by atoms with van der Waals surface area (Å²) in [6.07, 6.45) is 5.52. The van der Waals surface area contributed by atoms with Crippen LogP contribution in [0.3, 0.4) is 0 Å². The fourth-order valence-corrected chi connectivity index (χ4v) is 2.20. The third kappa shape index (κ3) is 2.55. The van der Waals surface area contributed by atoms with Crippen LogP contribution in [0, 0.1) is 0 Å². The third-order valence-electron chi connectivity index (χ3n) is 3.09. The maximum atomic E-state index is 11.2. The first-order chi connectivity index (χ1) is 10.2. The molecule has 0 saturated carbocycles. The lowest BCUT2D eigenvalue weighted by Gasteiger charge is -2.08. The van der Waals surface area contributed by atoms with Crippen LogP contribution < -0.4 is 10.6 Å². The molecule has 2 heterocycles. The molecule has 0 aliphatic rings. The molecule has 3 aromatic rings. The first-order valence-corrected chi connectivity index (χ1v) is 6.57. The maximum absolute atomic E-state index is 11.2. The summed E-state index contributed by atoms with van der Waals surface area (Å²) in [7, 11) is 1.81. The lowest BCUT2D eigenvalue weighted by Crippen LogP contribution is -2.05. The standard InChI is InChI=1S/C15H15N5O/c1-10(21)18-12-5-3-4-11(8-12)13-9-20-7-6-17-15(20)14(16-2)19-13/h3-9H,1-2H3,(H,16,19)(H,18,21). The minimum atomic E-state index is -0.0962. The molecule has 0 aliphatic carbocycles. The molecule has 0 spiro atoms. The van der Waals surface area contributed by atoms with Crippen molar-refractivity contribution in [3.05, 3.63) is 42.9 Å². The van der Waals surface area contributed by atoms with Gasteiger partial charge in [0.25, 0.3) is 0 Å². The van der Waals surface area contributed by atoms with Crippen molar-refractivity contribution in [2.75, 3.05) is 17.7 Å². The van der Waals surface area contributed by atoms with E-state index in [1.807, 2.05) is 48.1 Å². The predicted octanol–water partition coefficient (Wildman–Crippen LogP) is 2.40. The smallest absolute Gasteiger partial charge is 0.221 e. The van der Waals surface area contributed by atoms with Gasteiger partial charge in [-0.05, 0) is 12.1 Å². The highest BCUT2D eigenvalue weighted by Gasteiger charge is 2.08. The molecule has 6 nitrogen and oxygen atoms in total. The van der Waals surface area contributed by atoms with Gasteiger partial charge in [0.1, 0.15) is 0 Å². The van der Waals surface area contributed by atoms with Gasteiger partial charge in [0.05, 0.1) is 5.69 Å². The monoisotopic (exact) mass is 281 g/mol. The highest BCUT2D eigenvalue weighted by Crippen LogP contribution is 2.24. The molecule has 0 radical (unpaired) electrons. The molecule has 3 rings (SSSR count). The van der Waals surface area contributed by atoms with Crippen molar-refractivity contribution < 1.29 is 4.79 Å². The van der Waals surface area contributed by atoms with E-state index in [1.165, 1.54) is 6.92 Å². The van der Waals surface area contributed by atoms with E-state index >= 15 is 0 Å². The first kappa shape index (κ1) is 13.1. The Morgan fingerprint density at radius 2 is 2.19 bits per heavy atom. The van der Waals surface area contributed by atoms with Crippen molar-refractivity contribution >= 4 is 23.1 Å². The molecule has 6 heteroatoms. The number of nitrogens with one attached hydrogen (secondary N) is 2. The first-order valence-electron chi connectivity index (χ1n) is 6.57. The number of carbonyl (C=O) groups excluding carboxylic acids is 1. The Hall–Kier alpha value is -2.89. The van der Waals surface area contributed by atoms with E-state index < -0.39 is 0 Å². The van der Waals surface area contributed by atoms with Crippen molar-refractivity contribution in [1.29, 1.82) is 0 Å². The third-order valence-corrected chi connectivity index (χ3v) is 3.09. The minimum Gasteiger partial charge on any atom is -0.370 e. The molecule has 21 heavy (non-hydrogen) atoms. The molecule has 2 N–H and O–H groups in total. The van der Waals surface area contributed by atoms with Crippen LogP contribution >= 0.6 is 0 Å². The summed E-state index contributed by atoms with van der Waals surface area (Å²) in [5.41, 5.74) is 3.25. The molecular weight excluding hydrogens is 266 g/mol. The largest absolute Gasteiger partial charge is 0.370 e. The topological polar surface area (TPSA) is 71.3 Å².